The second-order valence-corrected chi connectivity index (χ2v) is 4.76. The first kappa shape index (κ1) is 12.3. The van der Waals surface area contributed by atoms with Gasteiger partial charge in [-0.3, -0.25) is 4.99 Å². The lowest BCUT2D eigenvalue weighted by Crippen LogP contribution is -2.50. The molecule has 0 spiro atoms. The van der Waals surface area contributed by atoms with Crippen molar-refractivity contribution >= 4 is 5.96 Å². The highest BCUT2D eigenvalue weighted by Gasteiger charge is 2.23. The molecule has 0 aromatic carbocycles. The predicted octanol–water partition coefficient (Wildman–Crippen LogP) is 1.69. The first-order valence-corrected chi connectivity index (χ1v) is 4.79. The van der Waals surface area contributed by atoms with E-state index in [1.807, 2.05) is 0 Å². The maximum absolute atomic E-state index is 5.83. The Morgan fingerprint density at radius 1 is 1.38 bits per heavy atom. The van der Waals surface area contributed by atoms with E-state index in [-0.39, 0.29) is 5.54 Å². The Morgan fingerprint density at radius 2 is 1.85 bits per heavy atom. The molecule has 0 unspecified atom stereocenters. The van der Waals surface area contributed by atoms with Gasteiger partial charge in [-0.25, -0.2) is 0 Å². The van der Waals surface area contributed by atoms with Crippen molar-refractivity contribution in [3.05, 3.63) is 0 Å². The minimum Gasteiger partial charge on any atom is -0.370 e. The Morgan fingerprint density at radius 3 is 2.08 bits per heavy atom. The molecule has 3 nitrogen and oxygen atoms in total. The average molecular weight is 185 g/mol. The Labute approximate surface area is 82.0 Å². The molecule has 0 saturated heterocycles. The van der Waals surface area contributed by atoms with Gasteiger partial charge in [0.05, 0.1) is 0 Å². The van der Waals surface area contributed by atoms with E-state index < -0.39 is 0 Å². The first-order valence-electron chi connectivity index (χ1n) is 4.79. The molecule has 0 aliphatic carbocycles. The molecule has 0 aromatic rings. The van der Waals surface area contributed by atoms with Crippen molar-refractivity contribution < 1.29 is 0 Å². The van der Waals surface area contributed by atoms with Gasteiger partial charge in [0.2, 0.25) is 0 Å². The number of rotatable bonds is 2. The third-order valence-corrected chi connectivity index (χ3v) is 1.86. The molecule has 0 aromatic heterocycles. The fourth-order valence-corrected chi connectivity index (χ4v) is 1.20. The van der Waals surface area contributed by atoms with Gasteiger partial charge in [0, 0.05) is 19.1 Å². The summed E-state index contributed by atoms with van der Waals surface area (Å²) in [7, 11) is 1.73. The summed E-state index contributed by atoms with van der Waals surface area (Å²) >= 11 is 0. The van der Waals surface area contributed by atoms with Crippen molar-refractivity contribution in [1.82, 2.24) is 4.90 Å². The molecule has 0 atom stereocenters. The molecule has 13 heavy (non-hydrogen) atoms. The van der Waals surface area contributed by atoms with Gasteiger partial charge in [-0.2, -0.15) is 0 Å². The SMILES string of the molecule is CN=C(N)N(CC(C)C)C(C)(C)C. The van der Waals surface area contributed by atoms with Crippen LogP contribution in [0.5, 0.6) is 0 Å². The van der Waals surface area contributed by atoms with Gasteiger partial charge < -0.3 is 10.6 Å². The van der Waals surface area contributed by atoms with Crippen molar-refractivity contribution in [3.63, 3.8) is 0 Å². The van der Waals surface area contributed by atoms with Crippen molar-refractivity contribution in [3.8, 4) is 0 Å². The maximum Gasteiger partial charge on any atom is 0.191 e. The molecule has 0 heterocycles. The van der Waals surface area contributed by atoms with Crippen molar-refractivity contribution in [2.24, 2.45) is 16.6 Å². The molecule has 0 saturated carbocycles. The second-order valence-electron chi connectivity index (χ2n) is 4.76. The lowest BCUT2D eigenvalue weighted by molar-refractivity contribution is 0.212. The van der Waals surface area contributed by atoms with Crippen LogP contribution >= 0.6 is 0 Å². The second kappa shape index (κ2) is 4.49. The first-order chi connectivity index (χ1) is 5.79. The van der Waals surface area contributed by atoms with Crippen LogP contribution in [0.25, 0.3) is 0 Å². The monoisotopic (exact) mass is 185 g/mol. The van der Waals surface area contributed by atoms with Crippen LogP contribution in [0.4, 0.5) is 0 Å². The zero-order valence-electron chi connectivity index (χ0n) is 9.76. The normalized spacial score (nSPS) is 13.6. The zero-order valence-corrected chi connectivity index (χ0v) is 9.76. The quantitative estimate of drug-likeness (QED) is 0.525. The molecular formula is C10H23N3. The molecule has 2 N–H and O–H groups in total. The Kier molecular flexibility index (Phi) is 4.24. The third-order valence-electron chi connectivity index (χ3n) is 1.86. The minimum atomic E-state index is 0.0495. The van der Waals surface area contributed by atoms with Gasteiger partial charge >= 0.3 is 0 Å². The number of aliphatic imine (C=N–C) groups is 1. The van der Waals surface area contributed by atoms with Crippen LogP contribution < -0.4 is 5.73 Å². The highest BCUT2D eigenvalue weighted by molar-refractivity contribution is 5.78. The number of hydrogen-bond acceptors (Lipinski definition) is 1. The molecule has 0 aliphatic rings. The van der Waals surface area contributed by atoms with Gasteiger partial charge in [-0.1, -0.05) is 13.8 Å². The highest BCUT2D eigenvalue weighted by Crippen LogP contribution is 2.14. The summed E-state index contributed by atoms with van der Waals surface area (Å²) in [5, 5.41) is 0. The van der Waals surface area contributed by atoms with E-state index in [1.165, 1.54) is 0 Å². The van der Waals surface area contributed by atoms with E-state index in [1.54, 1.807) is 7.05 Å². The molecule has 0 amide bonds. The summed E-state index contributed by atoms with van der Waals surface area (Å²) in [4.78, 5) is 6.17. The summed E-state index contributed by atoms with van der Waals surface area (Å²) in [6, 6.07) is 0. The van der Waals surface area contributed by atoms with Crippen LogP contribution in [0.3, 0.4) is 0 Å². The van der Waals surface area contributed by atoms with E-state index in [0.717, 1.165) is 6.54 Å². The largest absolute Gasteiger partial charge is 0.370 e. The number of nitrogens with zero attached hydrogens (tertiary/aromatic N) is 2. The summed E-state index contributed by atoms with van der Waals surface area (Å²) in [5.74, 6) is 1.22. The van der Waals surface area contributed by atoms with E-state index in [2.05, 4.69) is 44.5 Å². The number of hydrogen-bond donors (Lipinski definition) is 1. The molecule has 0 fully saturated rings. The fraction of sp³-hybridized carbons (Fsp3) is 0.900. The van der Waals surface area contributed by atoms with Gasteiger partial charge in [0.1, 0.15) is 0 Å². The van der Waals surface area contributed by atoms with Gasteiger partial charge in [0.15, 0.2) is 5.96 Å². The Balaban J connectivity index is 4.57. The standard InChI is InChI=1S/C10H23N3/c1-8(2)7-13(9(11)12-6)10(3,4)5/h8H,7H2,1-6H3,(H2,11,12). The highest BCUT2D eigenvalue weighted by atomic mass is 15.3. The Bertz CT molecular complexity index is 177. The van der Waals surface area contributed by atoms with E-state index >= 15 is 0 Å². The van der Waals surface area contributed by atoms with Gasteiger partial charge in [-0.05, 0) is 26.7 Å². The predicted molar refractivity (Wildman–Crippen MR) is 58.8 cm³/mol. The smallest absolute Gasteiger partial charge is 0.191 e. The van der Waals surface area contributed by atoms with Crippen LogP contribution in [0, 0.1) is 5.92 Å². The zero-order chi connectivity index (χ0) is 10.6. The van der Waals surface area contributed by atoms with Crippen LogP contribution in [0.15, 0.2) is 4.99 Å². The van der Waals surface area contributed by atoms with Gasteiger partial charge in [-0.15, -0.1) is 0 Å². The van der Waals surface area contributed by atoms with Crippen molar-refractivity contribution in [1.29, 1.82) is 0 Å². The molecule has 0 aliphatic heterocycles. The molecule has 0 bridgehead atoms. The summed E-state index contributed by atoms with van der Waals surface area (Å²) in [6.07, 6.45) is 0. The van der Waals surface area contributed by atoms with E-state index in [4.69, 9.17) is 5.73 Å². The van der Waals surface area contributed by atoms with Crippen LogP contribution in [0.1, 0.15) is 34.6 Å². The van der Waals surface area contributed by atoms with Crippen LogP contribution in [0.2, 0.25) is 0 Å². The fourth-order valence-electron chi connectivity index (χ4n) is 1.20. The molecule has 78 valence electrons. The molecule has 0 radical (unpaired) electrons. The minimum absolute atomic E-state index is 0.0495. The topological polar surface area (TPSA) is 41.6 Å². The van der Waals surface area contributed by atoms with Crippen molar-refractivity contribution in [2.45, 2.75) is 40.2 Å². The van der Waals surface area contributed by atoms with E-state index in [9.17, 15) is 0 Å². The molecule has 3 heteroatoms. The van der Waals surface area contributed by atoms with E-state index in [0.29, 0.717) is 11.9 Å². The number of guanidine groups is 1. The third kappa shape index (κ3) is 4.15. The maximum atomic E-state index is 5.83. The molecule has 0 rings (SSSR count). The summed E-state index contributed by atoms with van der Waals surface area (Å²) in [5.41, 5.74) is 5.88. The number of nitrogens with two attached hydrogens (primary N) is 1. The Hall–Kier alpha value is -0.730. The summed E-state index contributed by atoms with van der Waals surface area (Å²) in [6.45, 7) is 11.8. The average Bonchev–Trinajstić information content (AvgIpc) is 1.96. The lowest BCUT2D eigenvalue weighted by Gasteiger charge is -2.37. The lowest BCUT2D eigenvalue weighted by atomic mass is 10.0. The van der Waals surface area contributed by atoms with Crippen molar-refractivity contribution in [2.75, 3.05) is 13.6 Å². The van der Waals surface area contributed by atoms with Gasteiger partial charge in [0.25, 0.3) is 0 Å². The van der Waals surface area contributed by atoms with Crippen LogP contribution in [-0.2, 0) is 0 Å². The van der Waals surface area contributed by atoms with Crippen LogP contribution in [-0.4, -0.2) is 30.0 Å². The molecular weight excluding hydrogens is 162 g/mol. The summed E-state index contributed by atoms with van der Waals surface area (Å²) < 4.78 is 0.